The Kier molecular flexibility index (Phi) is 8.79. The van der Waals surface area contributed by atoms with Gasteiger partial charge in [-0.2, -0.15) is 0 Å². The monoisotopic (exact) mass is 455 g/mol. The molecule has 30 heavy (non-hydrogen) atoms. The first kappa shape index (κ1) is 24.7. The zero-order chi connectivity index (χ0) is 22.5. The molecule has 2 amide bonds. The Morgan fingerprint density at radius 1 is 1.33 bits per heavy atom. The highest BCUT2D eigenvalue weighted by Gasteiger charge is 2.30. The van der Waals surface area contributed by atoms with Gasteiger partial charge in [-0.15, -0.1) is 0 Å². The van der Waals surface area contributed by atoms with Crippen LogP contribution in [0.25, 0.3) is 0 Å². The van der Waals surface area contributed by atoms with Crippen molar-refractivity contribution in [2.24, 2.45) is 5.41 Å². The number of amides is 2. The fraction of sp³-hybridized carbons (Fsp3) is 0.714. The molecule has 1 N–H and O–H groups in total. The zero-order valence-corrected chi connectivity index (χ0v) is 20.4. The molecule has 2 rings (SSSR count). The molecule has 1 aliphatic rings. The number of anilines is 1. The van der Waals surface area contributed by atoms with Crippen LogP contribution >= 0.6 is 23.4 Å². The summed E-state index contributed by atoms with van der Waals surface area (Å²) in [5.74, 6) is 1.13. The Labute approximate surface area is 189 Å². The van der Waals surface area contributed by atoms with E-state index in [2.05, 4.69) is 47.9 Å². The number of hydrogen-bond donors (Lipinski definition) is 1. The second kappa shape index (κ2) is 10.7. The van der Waals surface area contributed by atoms with Crippen LogP contribution in [0.3, 0.4) is 0 Å². The van der Waals surface area contributed by atoms with Crippen LogP contribution in [-0.4, -0.2) is 64.2 Å². The average Bonchev–Trinajstić information content (AvgIpc) is 2.64. The molecular formula is C21H34ClN5O2S. The largest absolute Gasteiger partial charge is 0.353 e. The van der Waals surface area contributed by atoms with Crippen molar-refractivity contribution < 1.29 is 9.59 Å². The molecule has 168 valence electrons. The van der Waals surface area contributed by atoms with Gasteiger partial charge < -0.3 is 15.1 Å². The van der Waals surface area contributed by atoms with Gasteiger partial charge in [0.25, 0.3) is 0 Å². The Morgan fingerprint density at radius 2 is 2.03 bits per heavy atom. The van der Waals surface area contributed by atoms with Crippen LogP contribution in [0.1, 0.15) is 54.4 Å². The number of thioether (sulfide) groups is 1. The molecule has 0 radical (unpaired) electrons. The molecule has 2 unspecified atom stereocenters. The lowest BCUT2D eigenvalue weighted by Gasteiger charge is -2.41. The van der Waals surface area contributed by atoms with E-state index in [0.29, 0.717) is 36.4 Å². The van der Waals surface area contributed by atoms with E-state index in [-0.39, 0.29) is 35.1 Å². The Hall–Kier alpha value is -1.54. The Bertz CT molecular complexity index is 755. The lowest BCUT2D eigenvalue weighted by atomic mass is 9.91. The van der Waals surface area contributed by atoms with Crippen LogP contribution in [0, 0.1) is 5.41 Å². The second-order valence-corrected chi connectivity index (χ2v) is 10.4. The summed E-state index contributed by atoms with van der Waals surface area (Å²) in [6.07, 6.45) is 1.42. The molecule has 7 nitrogen and oxygen atoms in total. The summed E-state index contributed by atoms with van der Waals surface area (Å²) in [4.78, 5) is 37.6. The van der Waals surface area contributed by atoms with E-state index in [1.54, 1.807) is 6.07 Å². The third-order valence-corrected chi connectivity index (χ3v) is 6.01. The van der Waals surface area contributed by atoms with Gasteiger partial charge in [-0.1, -0.05) is 51.1 Å². The standard InChI is InChI=1S/C21H34ClN5O2S/c1-7-14(2)23-18(28)13-30-20-24-16(22)10-17(25-20)26-8-9-27(15(3)12-26)19(29)11-21(4,5)6/h10,14-15H,7-9,11-13H2,1-6H3,(H,23,28). The highest BCUT2D eigenvalue weighted by atomic mass is 35.5. The molecule has 1 saturated heterocycles. The van der Waals surface area contributed by atoms with Crippen molar-refractivity contribution >= 4 is 41.0 Å². The van der Waals surface area contributed by atoms with Gasteiger partial charge in [-0.3, -0.25) is 9.59 Å². The topological polar surface area (TPSA) is 78.4 Å². The van der Waals surface area contributed by atoms with Gasteiger partial charge in [0.2, 0.25) is 11.8 Å². The van der Waals surface area contributed by atoms with Crippen LogP contribution in [0.15, 0.2) is 11.2 Å². The van der Waals surface area contributed by atoms with Crippen LogP contribution in [0.4, 0.5) is 5.82 Å². The minimum atomic E-state index is -0.0425. The molecule has 2 heterocycles. The molecule has 0 spiro atoms. The number of aromatic nitrogens is 2. The molecule has 2 atom stereocenters. The number of piperazine rings is 1. The lowest BCUT2D eigenvalue weighted by Crippen LogP contribution is -2.54. The number of hydrogen-bond acceptors (Lipinski definition) is 6. The predicted octanol–water partition coefficient (Wildman–Crippen LogP) is 3.61. The average molecular weight is 456 g/mol. The highest BCUT2D eigenvalue weighted by molar-refractivity contribution is 7.99. The van der Waals surface area contributed by atoms with E-state index in [9.17, 15) is 9.59 Å². The van der Waals surface area contributed by atoms with Crippen molar-refractivity contribution in [3.8, 4) is 0 Å². The van der Waals surface area contributed by atoms with E-state index in [4.69, 9.17) is 11.6 Å². The molecule has 9 heteroatoms. The minimum Gasteiger partial charge on any atom is -0.353 e. The van der Waals surface area contributed by atoms with Crippen LogP contribution in [-0.2, 0) is 9.59 Å². The van der Waals surface area contributed by atoms with Gasteiger partial charge in [-0.05, 0) is 25.7 Å². The molecule has 1 fully saturated rings. The van der Waals surface area contributed by atoms with Crippen molar-refractivity contribution in [2.45, 2.75) is 71.6 Å². The summed E-state index contributed by atoms with van der Waals surface area (Å²) in [5, 5.41) is 3.77. The van der Waals surface area contributed by atoms with Crippen LogP contribution < -0.4 is 10.2 Å². The predicted molar refractivity (Wildman–Crippen MR) is 123 cm³/mol. The van der Waals surface area contributed by atoms with E-state index in [0.717, 1.165) is 12.2 Å². The maximum absolute atomic E-state index is 12.6. The summed E-state index contributed by atoms with van der Waals surface area (Å²) in [6.45, 7) is 14.3. The quantitative estimate of drug-likeness (QED) is 0.384. The number of rotatable bonds is 7. The lowest BCUT2D eigenvalue weighted by molar-refractivity contribution is -0.135. The summed E-state index contributed by atoms with van der Waals surface area (Å²) >= 11 is 7.50. The maximum atomic E-state index is 12.6. The molecule has 1 aromatic rings. The molecule has 0 saturated carbocycles. The summed E-state index contributed by atoms with van der Waals surface area (Å²) in [6, 6.07) is 1.97. The van der Waals surface area contributed by atoms with Crippen LogP contribution in [0.2, 0.25) is 5.15 Å². The van der Waals surface area contributed by atoms with Crippen LogP contribution in [0.5, 0.6) is 0 Å². The highest BCUT2D eigenvalue weighted by Crippen LogP contribution is 2.26. The smallest absolute Gasteiger partial charge is 0.230 e. The summed E-state index contributed by atoms with van der Waals surface area (Å²) < 4.78 is 0. The first-order valence-corrected chi connectivity index (χ1v) is 11.9. The van der Waals surface area contributed by atoms with E-state index in [1.807, 2.05) is 18.7 Å². The van der Waals surface area contributed by atoms with E-state index >= 15 is 0 Å². The second-order valence-electron chi connectivity index (χ2n) is 9.12. The molecule has 0 bridgehead atoms. The molecule has 1 aliphatic heterocycles. The Balaban J connectivity index is 2.00. The third-order valence-electron chi connectivity index (χ3n) is 4.97. The SMILES string of the molecule is CCC(C)NC(=O)CSc1nc(Cl)cc(N2CCN(C(=O)CC(C)(C)C)C(C)C2)n1. The van der Waals surface area contributed by atoms with Gasteiger partial charge in [0.15, 0.2) is 5.16 Å². The van der Waals surface area contributed by atoms with Crippen molar-refractivity contribution in [2.75, 3.05) is 30.3 Å². The molecule has 0 aromatic carbocycles. The molecular weight excluding hydrogens is 422 g/mol. The van der Waals surface area contributed by atoms with Gasteiger partial charge in [-0.25, -0.2) is 9.97 Å². The number of carbonyl (C=O) groups excluding carboxylic acids is 2. The van der Waals surface area contributed by atoms with Gasteiger partial charge in [0.05, 0.1) is 5.75 Å². The van der Waals surface area contributed by atoms with Gasteiger partial charge in [0, 0.05) is 44.2 Å². The zero-order valence-electron chi connectivity index (χ0n) is 18.9. The summed E-state index contributed by atoms with van der Waals surface area (Å²) in [7, 11) is 0. The number of carbonyl (C=O) groups is 2. The number of nitrogens with zero attached hydrogens (tertiary/aromatic N) is 4. The van der Waals surface area contributed by atoms with Crippen molar-refractivity contribution in [3.05, 3.63) is 11.2 Å². The van der Waals surface area contributed by atoms with E-state index < -0.39 is 0 Å². The minimum absolute atomic E-state index is 0.0263. The van der Waals surface area contributed by atoms with Crippen molar-refractivity contribution in [1.29, 1.82) is 0 Å². The maximum Gasteiger partial charge on any atom is 0.230 e. The fourth-order valence-electron chi connectivity index (χ4n) is 3.25. The molecule has 0 aliphatic carbocycles. The summed E-state index contributed by atoms with van der Waals surface area (Å²) in [5.41, 5.74) is -0.0263. The van der Waals surface area contributed by atoms with Crippen molar-refractivity contribution in [1.82, 2.24) is 20.2 Å². The fourth-order valence-corrected chi connectivity index (χ4v) is 4.14. The molecule has 1 aromatic heterocycles. The van der Waals surface area contributed by atoms with E-state index in [1.165, 1.54) is 11.8 Å². The third kappa shape index (κ3) is 7.61. The van der Waals surface area contributed by atoms with Gasteiger partial charge in [0.1, 0.15) is 11.0 Å². The number of halogens is 1. The first-order chi connectivity index (χ1) is 14.0. The number of nitrogens with one attached hydrogen (secondary N) is 1. The normalized spacial score (nSPS) is 18.3. The first-order valence-electron chi connectivity index (χ1n) is 10.5. The van der Waals surface area contributed by atoms with Crippen molar-refractivity contribution in [3.63, 3.8) is 0 Å². The van der Waals surface area contributed by atoms with Gasteiger partial charge >= 0.3 is 0 Å². The Morgan fingerprint density at radius 3 is 2.63 bits per heavy atom.